The average molecular weight is 241 g/mol. The quantitative estimate of drug-likeness (QED) is 0.817. The molecule has 1 aliphatic rings. The van der Waals surface area contributed by atoms with Crippen LogP contribution in [-0.2, 0) is 16.0 Å². The molecule has 2 N–H and O–H groups in total. The van der Waals surface area contributed by atoms with Crippen LogP contribution >= 0.6 is 0 Å². The molecule has 1 fully saturated rings. The number of hydrogen-bond donors (Lipinski definition) is 1. The highest BCUT2D eigenvalue weighted by Gasteiger charge is 2.17. The van der Waals surface area contributed by atoms with Crippen molar-refractivity contribution in [1.29, 1.82) is 0 Å². The number of anilines is 1. The Balaban J connectivity index is 0.000000686. The summed E-state index contributed by atoms with van der Waals surface area (Å²) in [5.41, 5.74) is 5.90. The molecular formula is C11H19N3O3. The van der Waals surface area contributed by atoms with Crippen LogP contribution in [0.4, 0.5) is 5.82 Å². The van der Waals surface area contributed by atoms with E-state index in [4.69, 9.17) is 15.2 Å². The largest absolute Gasteiger partial charge is 0.383 e. The Morgan fingerprint density at radius 3 is 2.65 bits per heavy atom. The first-order valence-corrected chi connectivity index (χ1v) is 5.73. The van der Waals surface area contributed by atoms with E-state index in [2.05, 4.69) is 4.98 Å². The monoisotopic (exact) mass is 241 g/mol. The average Bonchev–Trinajstić information content (AvgIpc) is 2.81. The fourth-order valence-corrected chi connectivity index (χ4v) is 1.41. The lowest BCUT2D eigenvalue weighted by molar-refractivity contribution is -0.0532. The lowest BCUT2D eigenvalue weighted by Crippen LogP contribution is -2.29. The molecule has 0 bridgehead atoms. The zero-order valence-electron chi connectivity index (χ0n) is 10.5. The molecule has 0 aliphatic carbocycles. The van der Waals surface area contributed by atoms with Gasteiger partial charge in [0.1, 0.15) is 5.82 Å². The molecule has 1 saturated heterocycles. The molecule has 2 rings (SSSR count). The number of aromatic nitrogens is 2. The van der Waals surface area contributed by atoms with Crippen LogP contribution < -0.4 is 11.4 Å². The first kappa shape index (κ1) is 13.7. The van der Waals surface area contributed by atoms with Crippen LogP contribution in [0.15, 0.2) is 11.0 Å². The molecule has 96 valence electrons. The molecule has 2 heterocycles. The topological polar surface area (TPSA) is 79.4 Å². The molecule has 17 heavy (non-hydrogen) atoms. The summed E-state index contributed by atoms with van der Waals surface area (Å²) in [5, 5.41) is 0. The van der Waals surface area contributed by atoms with E-state index >= 15 is 0 Å². The number of aryl methyl sites for hydroxylation is 1. The van der Waals surface area contributed by atoms with E-state index in [1.165, 1.54) is 4.57 Å². The summed E-state index contributed by atoms with van der Waals surface area (Å²) in [6.07, 6.45) is 1.31. The van der Waals surface area contributed by atoms with Crippen molar-refractivity contribution in [3.05, 3.63) is 22.2 Å². The minimum absolute atomic E-state index is 0.268. The molecule has 0 amide bonds. The fourth-order valence-electron chi connectivity index (χ4n) is 1.41. The third kappa shape index (κ3) is 3.54. The van der Waals surface area contributed by atoms with Crippen molar-refractivity contribution in [1.82, 2.24) is 9.55 Å². The highest BCUT2D eigenvalue weighted by Crippen LogP contribution is 2.07. The van der Waals surface area contributed by atoms with E-state index in [0.29, 0.717) is 19.8 Å². The van der Waals surface area contributed by atoms with Gasteiger partial charge in [-0.1, -0.05) is 13.8 Å². The second-order valence-corrected chi connectivity index (χ2v) is 3.42. The maximum absolute atomic E-state index is 11.4. The molecule has 0 spiro atoms. The third-order valence-corrected chi connectivity index (χ3v) is 2.25. The predicted octanol–water partition coefficient (Wildman–Crippen LogP) is 0.533. The maximum Gasteiger partial charge on any atom is 0.349 e. The third-order valence-electron chi connectivity index (χ3n) is 2.25. The van der Waals surface area contributed by atoms with Gasteiger partial charge in [-0.3, -0.25) is 4.57 Å². The minimum Gasteiger partial charge on any atom is -0.383 e. The summed E-state index contributed by atoms with van der Waals surface area (Å²) in [5.74, 6) is 0.268. The highest BCUT2D eigenvalue weighted by molar-refractivity contribution is 5.34. The van der Waals surface area contributed by atoms with Gasteiger partial charge in [0.15, 0.2) is 6.29 Å². The summed E-state index contributed by atoms with van der Waals surface area (Å²) in [4.78, 5) is 15.1. The minimum atomic E-state index is -0.378. The van der Waals surface area contributed by atoms with Gasteiger partial charge in [-0.2, -0.15) is 4.98 Å². The van der Waals surface area contributed by atoms with Gasteiger partial charge in [0, 0.05) is 11.8 Å². The van der Waals surface area contributed by atoms with Crippen LogP contribution in [0, 0.1) is 6.92 Å². The van der Waals surface area contributed by atoms with Gasteiger partial charge in [0.25, 0.3) is 0 Å². The Hall–Kier alpha value is -1.40. The fraction of sp³-hybridized carbons (Fsp3) is 0.636. The Morgan fingerprint density at radius 1 is 1.47 bits per heavy atom. The smallest absolute Gasteiger partial charge is 0.349 e. The molecule has 1 aromatic rings. The van der Waals surface area contributed by atoms with Gasteiger partial charge in [0.05, 0.1) is 19.8 Å². The first-order chi connectivity index (χ1) is 8.16. The van der Waals surface area contributed by atoms with E-state index in [9.17, 15) is 4.79 Å². The number of hydrogen-bond acceptors (Lipinski definition) is 5. The Kier molecular flexibility index (Phi) is 5.11. The van der Waals surface area contributed by atoms with Crippen molar-refractivity contribution in [2.24, 2.45) is 0 Å². The summed E-state index contributed by atoms with van der Waals surface area (Å²) < 4.78 is 11.9. The van der Waals surface area contributed by atoms with Gasteiger partial charge >= 0.3 is 5.69 Å². The summed E-state index contributed by atoms with van der Waals surface area (Å²) in [7, 11) is 0. The number of nitrogens with zero attached hydrogens (tertiary/aromatic N) is 2. The lowest BCUT2D eigenvalue weighted by atomic mass is 10.3. The molecule has 0 aromatic carbocycles. The van der Waals surface area contributed by atoms with Crippen molar-refractivity contribution in [2.75, 3.05) is 18.9 Å². The predicted molar refractivity (Wildman–Crippen MR) is 64.7 cm³/mol. The molecule has 6 nitrogen and oxygen atoms in total. The second-order valence-electron chi connectivity index (χ2n) is 3.42. The summed E-state index contributed by atoms with van der Waals surface area (Å²) in [6.45, 7) is 7.29. The van der Waals surface area contributed by atoms with Gasteiger partial charge in [-0.15, -0.1) is 0 Å². The molecule has 0 saturated carbocycles. The Labute approximate surface area is 100 Å². The SMILES string of the molecule is CC.Cc1cn(CC2OCCO2)c(=O)nc1N. The van der Waals surface area contributed by atoms with Gasteiger partial charge in [0.2, 0.25) is 0 Å². The first-order valence-electron chi connectivity index (χ1n) is 5.73. The van der Waals surface area contributed by atoms with Gasteiger partial charge < -0.3 is 15.2 Å². The van der Waals surface area contributed by atoms with Crippen LogP contribution in [0.25, 0.3) is 0 Å². The van der Waals surface area contributed by atoms with Crippen LogP contribution in [-0.4, -0.2) is 29.1 Å². The molecule has 0 radical (unpaired) electrons. The molecular weight excluding hydrogens is 222 g/mol. The van der Waals surface area contributed by atoms with Crippen LogP contribution in [0.2, 0.25) is 0 Å². The van der Waals surface area contributed by atoms with Crippen molar-refractivity contribution in [3.8, 4) is 0 Å². The van der Waals surface area contributed by atoms with Crippen LogP contribution in [0.3, 0.4) is 0 Å². The second kappa shape index (κ2) is 6.36. The molecule has 0 unspecified atom stereocenters. The number of rotatable bonds is 2. The van der Waals surface area contributed by atoms with Crippen LogP contribution in [0.5, 0.6) is 0 Å². The zero-order valence-corrected chi connectivity index (χ0v) is 10.5. The normalized spacial score (nSPS) is 15.5. The van der Waals surface area contributed by atoms with Gasteiger partial charge in [-0.25, -0.2) is 4.79 Å². The van der Waals surface area contributed by atoms with Crippen molar-refractivity contribution >= 4 is 5.82 Å². The standard InChI is InChI=1S/C9H13N3O3.C2H6/c1-6-4-12(9(13)11-8(6)10)5-7-14-2-3-15-7;1-2/h4,7H,2-3,5H2,1H3,(H2,10,11,13);1-2H3. The van der Waals surface area contributed by atoms with Crippen molar-refractivity contribution < 1.29 is 9.47 Å². The summed E-state index contributed by atoms with van der Waals surface area (Å²) in [6, 6.07) is 0. The highest BCUT2D eigenvalue weighted by atomic mass is 16.7. The summed E-state index contributed by atoms with van der Waals surface area (Å²) >= 11 is 0. The number of nitrogen functional groups attached to an aromatic ring is 1. The van der Waals surface area contributed by atoms with Gasteiger partial charge in [-0.05, 0) is 6.92 Å². The molecule has 0 atom stereocenters. The van der Waals surface area contributed by atoms with Crippen LogP contribution in [0.1, 0.15) is 19.4 Å². The van der Waals surface area contributed by atoms with E-state index in [-0.39, 0.29) is 17.8 Å². The molecule has 6 heteroatoms. The Morgan fingerprint density at radius 2 is 2.06 bits per heavy atom. The number of nitrogens with two attached hydrogens (primary N) is 1. The number of ether oxygens (including phenoxy) is 2. The van der Waals surface area contributed by atoms with Crippen molar-refractivity contribution in [3.63, 3.8) is 0 Å². The Bertz CT molecular complexity index is 411. The maximum atomic E-state index is 11.4. The van der Waals surface area contributed by atoms with E-state index in [1.54, 1.807) is 13.1 Å². The van der Waals surface area contributed by atoms with Crippen molar-refractivity contribution in [2.45, 2.75) is 33.6 Å². The zero-order chi connectivity index (χ0) is 12.8. The van der Waals surface area contributed by atoms with E-state index in [0.717, 1.165) is 5.56 Å². The van der Waals surface area contributed by atoms with E-state index in [1.807, 2.05) is 13.8 Å². The van der Waals surface area contributed by atoms with E-state index < -0.39 is 0 Å². The molecule has 1 aromatic heterocycles. The lowest BCUT2D eigenvalue weighted by Gasteiger charge is -2.11. The molecule has 1 aliphatic heterocycles.